The zero-order valence-electron chi connectivity index (χ0n) is 14.9. The Kier molecular flexibility index (Phi) is 7.07. The van der Waals surface area contributed by atoms with Gasteiger partial charge in [0.25, 0.3) is 11.6 Å². The van der Waals surface area contributed by atoms with E-state index in [1.54, 1.807) is 37.3 Å². The Balaban J connectivity index is 2.37. The van der Waals surface area contributed by atoms with E-state index < -0.39 is 10.8 Å². The van der Waals surface area contributed by atoms with E-state index in [9.17, 15) is 20.2 Å². The van der Waals surface area contributed by atoms with Crippen LogP contribution in [-0.4, -0.2) is 17.4 Å². The molecule has 0 fully saturated rings. The first-order valence-electron chi connectivity index (χ1n) is 8.07. The number of aryl methyl sites for hydroxylation is 1. The molecular formula is C20H16BrN3O4. The lowest BCUT2D eigenvalue weighted by Gasteiger charge is -2.09. The highest BCUT2D eigenvalue weighted by Crippen LogP contribution is 2.28. The number of amides is 1. The van der Waals surface area contributed by atoms with Crippen molar-refractivity contribution >= 4 is 39.3 Å². The first-order chi connectivity index (χ1) is 13.3. The Hall–Kier alpha value is -3.44. The Morgan fingerprint density at radius 3 is 2.79 bits per heavy atom. The molecule has 0 spiro atoms. The molecule has 0 aliphatic rings. The summed E-state index contributed by atoms with van der Waals surface area (Å²) in [6.45, 7) is 5.54. The largest absolute Gasteiger partial charge is 0.489 e. The number of nitrogens with one attached hydrogen (secondary N) is 1. The number of anilines is 1. The summed E-state index contributed by atoms with van der Waals surface area (Å²) in [6, 6.07) is 11.4. The standard InChI is InChI=1S/C20H16BrN3O4/c1-3-8-28-19-7-5-16(21)11-14(19)10-15(12-22)20(25)23-17-6-4-13(2)9-18(17)24(26)27/h3-7,9-11H,1,8H2,2H3,(H,23,25)/b15-10+. The van der Waals surface area contributed by atoms with Gasteiger partial charge < -0.3 is 10.1 Å². The molecule has 0 heterocycles. The minimum absolute atomic E-state index is 0.0131. The van der Waals surface area contributed by atoms with Crippen LogP contribution in [0.15, 0.2) is 59.1 Å². The van der Waals surface area contributed by atoms with E-state index in [1.807, 2.05) is 6.07 Å². The SMILES string of the molecule is C=CCOc1ccc(Br)cc1/C=C(\C#N)C(=O)Nc1ccc(C)cc1[N+](=O)[O-]. The van der Waals surface area contributed by atoms with Crippen molar-refractivity contribution < 1.29 is 14.5 Å². The lowest BCUT2D eigenvalue weighted by atomic mass is 10.1. The van der Waals surface area contributed by atoms with Crippen LogP contribution in [0.25, 0.3) is 6.08 Å². The molecule has 1 amide bonds. The highest BCUT2D eigenvalue weighted by Gasteiger charge is 2.18. The van der Waals surface area contributed by atoms with Crippen LogP contribution in [0.1, 0.15) is 11.1 Å². The fraction of sp³-hybridized carbons (Fsp3) is 0.100. The van der Waals surface area contributed by atoms with Crippen molar-refractivity contribution in [3.05, 3.63) is 80.3 Å². The van der Waals surface area contributed by atoms with Crippen molar-refractivity contribution in [2.75, 3.05) is 11.9 Å². The van der Waals surface area contributed by atoms with Gasteiger partial charge in [0.15, 0.2) is 0 Å². The van der Waals surface area contributed by atoms with Crippen LogP contribution in [0, 0.1) is 28.4 Å². The van der Waals surface area contributed by atoms with Crippen LogP contribution >= 0.6 is 15.9 Å². The Morgan fingerprint density at radius 1 is 1.39 bits per heavy atom. The molecule has 0 bridgehead atoms. The van der Waals surface area contributed by atoms with Crippen LogP contribution in [0.3, 0.4) is 0 Å². The highest BCUT2D eigenvalue weighted by molar-refractivity contribution is 9.10. The number of ether oxygens (including phenoxy) is 1. The average molecular weight is 442 g/mol. The normalized spacial score (nSPS) is 10.7. The molecule has 2 aromatic rings. The number of carbonyl (C=O) groups is 1. The Labute approximate surface area is 170 Å². The van der Waals surface area contributed by atoms with E-state index in [4.69, 9.17) is 4.74 Å². The van der Waals surface area contributed by atoms with Crippen molar-refractivity contribution in [2.24, 2.45) is 0 Å². The smallest absolute Gasteiger partial charge is 0.293 e. The van der Waals surface area contributed by atoms with E-state index in [0.29, 0.717) is 16.9 Å². The van der Waals surface area contributed by atoms with E-state index in [1.165, 1.54) is 18.2 Å². The van der Waals surface area contributed by atoms with Crippen LogP contribution in [0.2, 0.25) is 0 Å². The summed E-state index contributed by atoms with van der Waals surface area (Å²) < 4.78 is 6.27. The molecule has 0 saturated carbocycles. The molecule has 28 heavy (non-hydrogen) atoms. The quantitative estimate of drug-likeness (QED) is 0.219. The number of benzene rings is 2. The van der Waals surface area contributed by atoms with Crippen LogP contribution in [0.5, 0.6) is 5.75 Å². The van der Waals surface area contributed by atoms with Gasteiger partial charge in [0.2, 0.25) is 0 Å². The molecular weight excluding hydrogens is 426 g/mol. The van der Waals surface area contributed by atoms with Crippen LogP contribution in [-0.2, 0) is 4.79 Å². The molecule has 1 N–H and O–H groups in total. The number of carbonyl (C=O) groups excluding carboxylic acids is 1. The third kappa shape index (κ3) is 5.28. The van der Waals surface area contributed by atoms with Gasteiger partial charge in [-0.05, 0) is 42.8 Å². The van der Waals surface area contributed by atoms with Gasteiger partial charge in [-0.25, -0.2) is 0 Å². The maximum atomic E-state index is 12.5. The minimum Gasteiger partial charge on any atom is -0.489 e. The summed E-state index contributed by atoms with van der Waals surface area (Å²) in [7, 11) is 0. The summed E-state index contributed by atoms with van der Waals surface area (Å²) >= 11 is 3.34. The number of nitro benzene ring substituents is 1. The van der Waals surface area contributed by atoms with Gasteiger partial charge in [-0.3, -0.25) is 14.9 Å². The second-order valence-corrected chi connectivity index (χ2v) is 6.60. The maximum Gasteiger partial charge on any atom is 0.293 e. The van der Waals surface area contributed by atoms with E-state index in [0.717, 1.165) is 4.47 Å². The van der Waals surface area contributed by atoms with E-state index >= 15 is 0 Å². The summed E-state index contributed by atoms with van der Waals surface area (Å²) in [5.41, 5.74) is 0.721. The van der Waals surface area contributed by atoms with Gasteiger partial charge >= 0.3 is 0 Å². The Bertz CT molecular complexity index is 1010. The van der Waals surface area contributed by atoms with Crippen molar-refractivity contribution in [3.8, 4) is 11.8 Å². The number of nitrogens with zero attached hydrogens (tertiary/aromatic N) is 2. The minimum atomic E-state index is -0.760. The van der Waals surface area contributed by atoms with Gasteiger partial charge in [0.05, 0.1) is 4.92 Å². The fourth-order valence-electron chi connectivity index (χ4n) is 2.30. The lowest BCUT2D eigenvalue weighted by molar-refractivity contribution is -0.384. The van der Waals surface area contributed by atoms with Gasteiger partial charge in [-0.2, -0.15) is 5.26 Å². The van der Waals surface area contributed by atoms with Crippen molar-refractivity contribution in [1.29, 1.82) is 5.26 Å². The lowest BCUT2D eigenvalue weighted by Crippen LogP contribution is -2.14. The van der Waals surface area contributed by atoms with Crippen LogP contribution < -0.4 is 10.1 Å². The summed E-state index contributed by atoms with van der Waals surface area (Å²) in [5, 5.41) is 23.1. The van der Waals surface area contributed by atoms with Crippen LogP contribution in [0.4, 0.5) is 11.4 Å². The second kappa shape index (κ2) is 9.48. The molecule has 0 aliphatic carbocycles. The molecule has 0 radical (unpaired) electrons. The topological polar surface area (TPSA) is 105 Å². The van der Waals surface area contributed by atoms with Gasteiger partial charge in [-0.15, -0.1) is 0 Å². The number of hydrogen-bond acceptors (Lipinski definition) is 5. The summed E-state index contributed by atoms with van der Waals surface area (Å²) in [5.74, 6) is -0.297. The average Bonchev–Trinajstić information content (AvgIpc) is 2.66. The molecule has 0 aliphatic heterocycles. The molecule has 0 unspecified atom stereocenters. The van der Waals surface area contributed by atoms with Gasteiger partial charge in [0.1, 0.15) is 29.7 Å². The van der Waals surface area contributed by atoms with Gasteiger partial charge in [-0.1, -0.05) is 34.7 Å². The number of halogens is 1. The molecule has 7 nitrogen and oxygen atoms in total. The number of nitriles is 1. The maximum absolute atomic E-state index is 12.5. The zero-order valence-corrected chi connectivity index (χ0v) is 16.5. The molecule has 0 atom stereocenters. The highest BCUT2D eigenvalue weighted by atomic mass is 79.9. The predicted molar refractivity (Wildman–Crippen MR) is 110 cm³/mol. The van der Waals surface area contributed by atoms with E-state index in [2.05, 4.69) is 27.8 Å². The molecule has 2 rings (SSSR count). The van der Waals surface area contributed by atoms with E-state index in [-0.39, 0.29) is 23.6 Å². The monoisotopic (exact) mass is 441 g/mol. The first-order valence-corrected chi connectivity index (χ1v) is 8.86. The molecule has 2 aromatic carbocycles. The first kappa shape index (κ1) is 20.9. The number of hydrogen-bond donors (Lipinski definition) is 1. The number of nitro groups is 1. The molecule has 142 valence electrons. The number of rotatable bonds is 7. The second-order valence-electron chi connectivity index (χ2n) is 5.68. The van der Waals surface area contributed by atoms with Gasteiger partial charge in [0, 0.05) is 16.1 Å². The molecule has 0 saturated heterocycles. The molecule has 8 heteroatoms. The van der Waals surface area contributed by atoms with Crippen molar-refractivity contribution in [3.63, 3.8) is 0 Å². The predicted octanol–water partition coefficient (Wildman–Crippen LogP) is 4.78. The fourth-order valence-corrected chi connectivity index (χ4v) is 2.68. The summed E-state index contributed by atoms with van der Waals surface area (Å²) in [4.78, 5) is 23.1. The molecule has 0 aromatic heterocycles. The van der Waals surface area contributed by atoms with Crippen molar-refractivity contribution in [1.82, 2.24) is 0 Å². The Morgan fingerprint density at radius 2 is 2.14 bits per heavy atom. The van der Waals surface area contributed by atoms with Crippen molar-refractivity contribution in [2.45, 2.75) is 6.92 Å². The third-order valence-electron chi connectivity index (χ3n) is 3.59. The third-order valence-corrected chi connectivity index (χ3v) is 4.08. The zero-order chi connectivity index (χ0) is 20.7. The summed E-state index contributed by atoms with van der Waals surface area (Å²) in [6.07, 6.45) is 2.93.